The molecular weight excluding hydrogens is 129 g/mol. The summed E-state index contributed by atoms with van der Waals surface area (Å²) in [6, 6.07) is 0. The fraction of sp³-hybridized carbons (Fsp3) is 0. The average molecular weight is 131 g/mol. The number of rotatable bonds is 0. The number of hydrogen-bond donors (Lipinski definition) is 0. The third kappa shape index (κ3) is 39700. The lowest BCUT2D eigenvalue weighted by Crippen LogP contribution is -2.68. The lowest BCUT2D eigenvalue weighted by molar-refractivity contribution is -2.00. The summed E-state index contributed by atoms with van der Waals surface area (Å²) >= 11 is 0. The van der Waals surface area contributed by atoms with Crippen molar-refractivity contribution in [3.8, 4) is 0 Å². The summed E-state index contributed by atoms with van der Waals surface area (Å²) < 4.78 is 34.0. The Balaban J connectivity index is -0.0000000800. The molecule has 0 aliphatic heterocycles. The molecule has 0 fully saturated rings. The van der Waals surface area contributed by atoms with Gasteiger partial charge in [0.2, 0.25) is 0 Å². The quantitative estimate of drug-likeness (QED) is 0.321. The van der Waals surface area contributed by atoms with Gasteiger partial charge in [0, 0.05) is 0 Å². The van der Waals surface area contributed by atoms with Crippen LogP contribution in [-0.2, 0) is 0 Å². The zero-order chi connectivity index (χ0) is 4.50. The fourth-order valence-corrected chi connectivity index (χ4v) is 0. The molecule has 0 aliphatic rings. The van der Waals surface area contributed by atoms with E-state index >= 15 is 0 Å². The summed E-state index contributed by atoms with van der Waals surface area (Å²) in [5.41, 5.74) is 0. The van der Waals surface area contributed by atoms with Gasteiger partial charge < -0.3 is 5.48 Å². The normalized spacial score (nSPS) is 8.57. The average Bonchev–Trinajstić information content (AvgIpc) is 0.722. The Morgan fingerprint density at radius 1 is 0.857 bits per heavy atom. The standard InChI is InChI=1S/ClHO4.N.H2O/c2-1(3,4)5;;/h(H,2,3,4,5);;1H2/q;+1;/p-1. The van der Waals surface area contributed by atoms with Gasteiger partial charge in [0.25, 0.3) is 0 Å². The molecule has 4 radical (unpaired) electrons. The van der Waals surface area contributed by atoms with E-state index in [2.05, 4.69) is 0 Å². The Kier molecular flexibility index (Phi) is 9.47. The molecule has 7 heavy (non-hydrogen) atoms. The van der Waals surface area contributed by atoms with Crippen molar-refractivity contribution in [3.63, 3.8) is 0 Å². The first-order valence-corrected chi connectivity index (χ1v) is 1.85. The highest BCUT2D eigenvalue weighted by atomic mass is 35.7. The molecule has 0 saturated heterocycles. The Bertz CT molecular complexity index is 23.6. The van der Waals surface area contributed by atoms with E-state index in [4.69, 9.17) is 18.6 Å². The molecule has 2 N–H and O–H groups in total. The molecule has 0 aromatic rings. The highest BCUT2D eigenvalue weighted by molar-refractivity contribution is 2.13. The van der Waals surface area contributed by atoms with Crippen molar-refractivity contribution in [3.05, 3.63) is 0 Å². The molecule has 0 bridgehead atoms. The molecule has 7 heteroatoms. The van der Waals surface area contributed by atoms with Crippen LogP contribution in [-0.4, -0.2) is 5.48 Å². The van der Waals surface area contributed by atoms with Crippen molar-refractivity contribution in [2.24, 2.45) is 0 Å². The van der Waals surface area contributed by atoms with Gasteiger partial charge in [-0.2, -0.15) is 0 Å². The molecule has 0 saturated carbocycles. The summed E-state index contributed by atoms with van der Waals surface area (Å²) in [6.07, 6.45) is 0. The molecule has 44 valence electrons. The van der Waals surface area contributed by atoms with E-state index in [0.717, 1.165) is 0 Å². The predicted molar refractivity (Wildman–Crippen MR) is 5.75 cm³/mol. The van der Waals surface area contributed by atoms with Gasteiger partial charge in [-0.1, -0.05) is 0 Å². The number of nitrogens with zero attached hydrogens (tertiary/aromatic N) is 1. The smallest absolute Gasteiger partial charge is 0.412 e. The highest BCUT2D eigenvalue weighted by Crippen LogP contribution is 1.49. The largest absolute Gasteiger partial charge is 1.00 e. The maximum atomic E-state index is 8.49. The lowest BCUT2D eigenvalue weighted by atomic mass is 14.0. The van der Waals surface area contributed by atoms with Crippen LogP contribution in [0.4, 0.5) is 0 Å². The topological polar surface area (TPSA) is 154 Å². The minimum Gasteiger partial charge on any atom is -0.412 e. The number of hydrogen-bond acceptors (Lipinski definition) is 4. The van der Waals surface area contributed by atoms with Crippen molar-refractivity contribution in [1.29, 1.82) is 0 Å². The Hall–Kier alpha value is 0.0500. The molecule has 0 aromatic carbocycles. The second-order valence-corrected chi connectivity index (χ2v) is 1.13. The van der Waals surface area contributed by atoms with Crippen molar-refractivity contribution in [2.75, 3.05) is 0 Å². The minimum atomic E-state index is -4.94. The zero-order valence-electron chi connectivity index (χ0n) is 2.96. The summed E-state index contributed by atoms with van der Waals surface area (Å²) in [5, 5.41) is 0. The first-order valence-electron chi connectivity index (χ1n) is 0.617. The Morgan fingerprint density at radius 3 is 0.857 bits per heavy atom. The minimum absolute atomic E-state index is 0. The van der Waals surface area contributed by atoms with Crippen LogP contribution in [0.25, 0.3) is 0 Å². The molecule has 0 aliphatic carbocycles. The van der Waals surface area contributed by atoms with E-state index in [9.17, 15) is 0 Å². The Labute approximate surface area is 41.6 Å². The maximum Gasteiger partial charge on any atom is 1.00 e. The van der Waals surface area contributed by atoms with Gasteiger partial charge >= 0.3 is 6.15 Å². The van der Waals surface area contributed by atoms with Gasteiger partial charge in [-0.15, -0.1) is 10.2 Å². The van der Waals surface area contributed by atoms with E-state index in [1.165, 1.54) is 0 Å². The van der Waals surface area contributed by atoms with Crippen LogP contribution in [0.15, 0.2) is 0 Å². The van der Waals surface area contributed by atoms with E-state index < -0.39 is 10.2 Å². The van der Waals surface area contributed by atoms with Crippen molar-refractivity contribution in [2.45, 2.75) is 0 Å². The number of halogens is 1. The molecule has 0 aromatic heterocycles. The molecular formula is H2ClNO5. The summed E-state index contributed by atoms with van der Waals surface area (Å²) in [5.74, 6) is 0. The first-order chi connectivity index (χ1) is 2.00. The van der Waals surface area contributed by atoms with E-state index in [0.29, 0.717) is 0 Å². The van der Waals surface area contributed by atoms with Gasteiger partial charge in [0.1, 0.15) is 0 Å². The van der Waals surface area contributed by atoms with Crippen LogP contribution in [0.1, 0.15) is 0 Å². The second-order valence-electron chi connectivity index (χ2n) is 0.378. The molecule has 6 nitrogen and oxygen atoms in total. The molecule has 0 unspecified atom stereocenters. The maximum absolute atomic E-state index is 8.49. The molecule has 0 amide bonds. The summed E-state index contributed by atoms with van der Waals surface area (Å²) in [7, 11) is -4.94. The molecule has 0 spiro atoms. The monoisotopic (exact) mass is 131 g/mol. The third-order valence-electron chi connectivity index (χ3n) is 0. The Morgan fingerprint density at radius 2 is 0.857 bits per heavy atom. The first kappa shape index (κ1) is 15.7. The molecule has 0 heterocycles. The van der Waals surface area contributed by atoms with Crippen LogP contribution in [0, 0.1) is 10.2 Å². The van der Waals surface area contributed by atoms with E-state index in [-0.39, 0.29) is 11.6 Å². The highest BCUT2D eigenvalue weighted by Gasteiger charge is 1.84. The van der Waals surface area contributed by atoms with Crippen LogP contribution in [0.5, 0.6) is 0 Å². The second kappa shape index (κ2) is 4.22. The van der Waals surface area contributed by atoms with E-state index in [1.54, 1.807) is 0 Å². The lowest BCUT2D eigenvalue weighted by Gasteiger charge is -2.17. The van der Waals surface area contributed by atoms with Gasteiger partial charge in [0.05, 0.1) is 0 Å². The van der Waals surface area contributed by atoms with Gasteiger partial charge in [-0.3, -0.25) is 0 Å². The van der Waals surface area contributed by atoms with E-state index in [1.807, 2.05) is 0 Å². The van der Waals surface area contributed by atoms with Crippen LogP contribution in [0.2, 0.25) is 0 Å². The van der Waals surface area contributed by atoms with Crippen LogP contribution >= 0.6 is 0 Å². The van der Waals surface area contributed by atoms with Crippen LogP contribution < -0.4 is 24.8 Å². The van der Waals surface area contributed by atoms with Gasteiger partial charge in [0.15, 0.2) is 0 Å². The fourth-order valence-electron chi connectivity index (χ4n) is 0. The van der Waals surface area contributed by atoms with Gasteiger partial charge in [-0.25, -0.2) is 18.6 Å². The third-order valence-corrected chi connectivity index (χ3v) is 0. The van der Waals surface area contributed by atoms with Crippen LogP contribution in [0.3, 0.4) is 0 Å². The van der Waals surface area contributed by atoms with Crippen molar-refractivity contribution in [1.82, 2.24) is 6.15 Å². The molecule has 0 atom stereocenters. The zero-order valence-corrected chi connectivity index (χ0v) is 3.71. The summed E-state index contributed by atoms with van der Waals surface area (Å²) in [4.78, 5) is 0. The summed E-state index contributed by atoms with van der Waals surface area (Å²) in [6.45, 7) is 0. The molecule has 0 rings (SSSR count). The predicted octanol–water partition coefficient (Wildman–Crippen LogP) is -6.06. The van der Waals surface area contributed by atoms with Gasteiger partial charge in [-0.05, 0) is 0 Å². The van der Waals surface area contributed by atoms with Crippen molar-refractivity contribution < 1.29 is 34.4 Å². The van der Waals surface area contributed by atoms with Crippen molar-refractivity contribution >= 4 is 0 Å². The SMILES string of the molecule is O.[N+].[O-][Cl+3]([O-])([O-])[O-].